The summed E-state index contributed by atoms with van der Waals surface area (Å²) < 4.78 is 30.1. The lowest BCUT2D eigenvalue weighted by molar-refractivity contribution is 0.305. The number of nitrogens with one attached hydrogen (secondary N) is 2. The van der Waals surface area contributed by atoms with Crippen LogP contribution in [0.3, 0.4) is 0 Å². The first-order valence-corrected chi connectivity index (χ1v) is 12.5. The van der Waals surface area contributed by atoms with Crippen LogP contribution in [-0.4, -0.2) is 23.4 Å². The number of nitrogen functional groups attached to an aromatic ring is 1. The van der Waals surface area contributed by atoms with E-state index in [0.29, 0.717) is 29.3 Å². The molecule has 0 amide bonds. The lowest BCUT2D eigenvalue weighted by Gasteiger charge is -2.25. The highest BCUT2D eigenvalue weighted by atomic mass is 32.2. The maximum Gasteiger partial charge on any atom is 0.330 e. The van der Waals surface area contributed by atoms with Crippen LogP contribution in [-0.2, 0) is 16.8 Å². The van der Waals surface area contributed by atoms with Gasteiger partial charge in [-0.15, -0.1) is 0 Å². The molecule has 1 aromatic heterocycles. The molecule has 0 aliphatic heterocycles. The molecule has 0 radical (unpaired) electrons. The van der Waals surface area contributed by atoms with Crippen LogP contribution in [0.15, 0.2) is 48.5 Å². The second kappa shape index (κ2) is 9.28. The number of para-hydroxylation sites is 3. The molecule has 4 N–H and O–H groups in total. The quantitative estimate of drug-likeness (QED) is 0.484. The van der Waals surface area contributed by atoms with Gasteiger partial charge in [-0.25, -0.2) is 4.98 Å². The molecule has 0 saturated heterocycles. The van der Waals surface area contributed by atoms with E-state index in [1.54, 1.807) is 30.3 Å². The summed E-state index contributed by atoms with van der Waals surface area (Å²) in [6.07, 6.45) is 7.85. The minimum atomic E-state index is -3.96. The Kier molecular flexibility index (Phi) is 6.48. The first-order chi connectivity index (χ1) is 14.9. The average molecular weight is 442 g/mol. The van der Waals surface area contributed by atoms with Gasteiger partial charge in [-0.05, 0) is 43.0 Å². The van der Waals surface area contributed by atoms with E-state index in [4.69, 9.17) is 5.73 Å². The van der Waals surface area contributed by atoms with Crippen LogP contribution < -0.4 is 15.8 Å². The lowest BCUT2D eigenvalue weighted by atomic mass is 9.85. The number of hydrogen-bond acceptors (Lipinski definition) is 5. The number of benzene rings is 2. The highest BCUT2D eigenvalue weighted by molar-refractivity contribution is 7.91. The van der Waals surface area contributed by atoms with E-state index in [1.165, 1.54) is 32.1 Å². The number of nitrogens with zero attached hydrogens (tertiary/aromatic N) is 2. The van der Waals surface area contributed by atoms with E-state index in [2.05, 4.69) is 21.9 Å². The zero-order valence-corrected chi connectivity index (χ0v) is 18.7. The number of fused-ring (bicyclic) bond motifs is 1. The van der Waals surface area contributed by atoms with Crippen molar-refractivity contribution >= 4 is 32.9 Å². The number of anilines is 2. The Morgan fingerprint density at radius 1 is 1.10 bits per heavy atom. The largest absolute Gasteiger partial charge is 0.368 e. The first kappa shape index (κ1) is 21.6. The van der Waals surface area contributed by atoms with Crippen molar-refractivity contribution in [2.24, 2.45) is 5.92 Å². The minimum Gasteiger partial charge on any atom is -0.368 e. The van der Waals surface area contributed by atoms with Crippen LogP contribution in [0.2, 0.25) is 0 Å². The molecule has 1 fully saturated rings. The predicted molar refractivity (Wildman–Crippen MR) is 126 cm³/mol. The monoisotopic (exact) mass is 441 g/mol. The smallest absolute Gasteiger partial charge is 0.330 e. The second-order valence-corrected chi connectivity index (χ2v) is 10.0. The van der Waals surface area contributed by atoms with Gasteiger partial charge < -0.3 is 11.1 Å². The minimum absolute atomic E-state index is 0.0644. The fraction of sp³-hybridized carbons (Fsp3) is 0.435. The fourth-order valence-corrected chi connectivity index (χ4v) is 5.79. The van der Waals surface area contributed by atoms with Crippen LogP contribution in [0.1, 0.15) is 51.0 Å². The van der Waals surface area contributed by atoms with Gasteiger partial charge in [0.2, 0.25) is 5.95 Å². The summed E-state index contributed by atoms with van der Waals surface area (Å²) >= 11 is 0. The number of rotatable bonds is 8. The lowest BCUT2D eigenvalue weighted by Crippen LogP contribution is -2.29. The number of imidazole rings is 1. The molecule has 4 rings (SSSR count). The molecular formula is C23H31N5O2S. The van der Waals surface area contributed by atoms with E-state index < -0.39 is 10.2 Å². The molecule has 1 aliphatic rings. The standard InChI is InChI=1S/C23H31N5O2S/c1-17(15-18-9-3-2-4-10-18)25-16-19-11-5-6-12-20(19)27-31(29,30)28-22-14-8-7-13-21(22)26-23(28)24/h5-8,11-14,17-18,25,27H,2-4,9-10,15-16H2,1H3,(H2,24,26). The Hall–Kier alpha value is -2.58. The highest BCUT2D eigenvalue weighted by Gasteiger charge is 2.22. The van der Waals surface area contributed by atoms with E-state index in [9.17, 15) is 8.42 Å². The molecule has 2 aromatic carbocycles. The van der Waals surface area contributed by atoms with Crippen molar-refractivity contribution in [1.29, 1.82) is 0 Å². The van der Waals surface area contributed by atoms with Crippen molar-refractivity contribution < 1.29 is 8.42 Å². The van der Waals surface area contributed by atoms with Crippen molar-refractivity contribution in [2.75, 3.05) is 10.5 Å². The van der Waals surface area contributed by atoms with Gasteiger partial charge in [0.05, 0.1) is 16.7 Å². The topological polar surface area (TPSA) is 102 Å². The molecule has 31 heavy (non-hydrogen) atoms. The molecule has 1 heterocycles. The van der Waals surface area contributed by atoms with Crippen molar-refractivity contribution in [3.05, 3.63) is 54.1 Å². The van der Waals surface area contributed by atoms with Crippen LogP contribution in [0.5, 0.6) is 0 Å². The maximum atomic E-state index is 13.2. The summed E-state index contributed by atoms with van der Waals surface area (Å²) in [6.45, 7) is 2.80. The van der Waals surface area contributed by atoms with Gasteiger partial charge in [-0.2, -0.15) is 12.4 Å². The van der Waals surface area contributed by atoms with E-state index in [-0.39, 0.29) is 5.95 Å². The average Bonchev–Trinajstić information content (AvgIpc) is 3.10. The maximum absolute atomic E-state index is 13.2. The number of aromatic nitrogens is 2. The normalized spacial score (nSPS) is 16.4. The third-order valence-corrected chi connectivity index (χ3v) is 7.44. The van der Waals surface area contributed by atoms with Gasteiger partial charge >= 0.3 is 10.2 Å². The zero-order chi connectivity index (χ0) is 21.8. The van der Waals surface area contributed by atoms with Crippen LogP contribution >= 0.6 is 0 Å². The third-order valence-electron chi connectivity index (χ3n) is 6.09. The van der Waals surface area contributed by atoms with Gasteiger partial charge in [0.1, 0.15) is 0 Å². The molecule has 7 nitrogen and oxygen atoms in total. The Morgan fingerprint density at radius 2 is 1.81 bits per heavy atom. The molecule has 0 bridgehead atoms. The van der Waals surface area contributed by atoms with Gasteiger partial charge in [-0.1, -0.05) is 62.4 Å². The fourth-order valence-electron chi connectivity index (χ4n) is 4.52. The number of hydrogen-bond donors (Lipinski definition) is 3. The van der Waals surface area contributed by atoms with Crippen LogP contribution in [0.25, 0.3) is 11.0 Å². The zero-order valence-electron chi connectivity index (χ0n) is 17.9. The Labute approximate surface area is 184 Å². The van der Waals surface area contributed by atoms with Gasteiger partial charge in [0.25, 0.3) is 0 Å². The molecule has 0 spiro atoms. The molecule has 8 heteroatoms. The van der Waals surface area contributed by atoms with Crippen LogP contribution in [0, 0.1) is 5.92 Å². The van der Waals surface area contributed by atoms with Gasteiger partial charge in [0, 0.05) is 12.6 Å². The molecule has 1 atom stereocenters. The summed E-state index contributed by atoms with van der Waals surface area (Å²) in [5.74, 6) is 0.730. The molecule has 166 valence electrons. The van der Waals surface area contributed by atoms with Crippen molar-refractivity contribution in [3.63, 3.8) is 0 Å². The molecule has 1 aliphatic carbocycles. The Morgan fingerprint density at radius 3 is 2.61 bits per heavy atom. The van der Waals surface area contributed by atoms with E-state index in [0.717, 1.165) is 21.9 Å². The van der Waals surface area contributed by atoms with Crippen LogP contribution in [0.4, 0.5) is 11.6 Å². The second-order valence-electron chi connectivity index (χ2n) is 8.51. The van der Waals surface area contributed by atoms with Crippen molar-refractivity contribution in [1.82, 2.24) is 14.3 Å². The predicted octanol–water partition coefficient (Wildman–Crippen LogP) is 4.27. The summed E-state index contributed by atoms with van der Waals surface area (Å²) in [7, 11) is -3.96. The van der Waals surface area contributed by atoms with Gasteiger partial charge in [-0.3, -0.25) is 4.72 Å². The van der Waals surface area contributed by atoms with Gasteiger partial charge in [0.15, 0.2) is 0 Å². The first-order valence-electron chi connectivity index (χ1n) is 11.0. The molecule has 3 aromatic rings. The summed E-state index contributed by atoms with van der Waals surface area (Å²) in [5, 5.41) is 3.57. The van der Waals surface area contributed by atoms with E-state index in [1.807, 2.05) is 18.2 Å². The summed E-state index contributed by atoms with van der Waals surface area (Å²) in [5.41, 5.74) is 8.36. The Balaban J connectivity index is 1.48. The summed E-state index contributed by atoms with van der Waals surface area (Å²) in [6, 6.07) is 14.8. The number of nitrogens with two attached hydrogens (primary N) is 1. The van der Waals surface area contributed by atoms with Crippen molar-refractivity contribution in [2.45, 2.75) is 58.0 Å². The van der Waals surface area contributed by atoms with E-state index >= 15 is 0 Å². The molecule has 1 saturated carbocycles. The van der Waals surface area contributed by atoms with Crippen molar-refractivity contribution in [3.8, 4) is 0 Å². The molecule has 1 unspecified atom stereocenters. The SMILES string of the molecule is CC(CC1CCCCC1)NCc1ccccc1NS(=O)(=O)n1c(N)nc2ccccc21. The Bertz CT molecular complexity index is 1140. The third kappa shape index (κ3) is 5.02. The summed E-state index contributed by atoms with van der Waals surface area (Å²) in [4.78, 5) is 4.17. The molecular weight excluding hydrogens is 410 g/mol. The highest BCUT2D eigenvalue weighted by Crippen LogP contribution is 2.28.